The van der Waals surface area contributed by atoms with Gasteiger partial charge in [0.05, 0.1) is 0 Å². The van der Waals surface area contributed by atoms with Gasteiger partial charge < -0.3 is 36.0 Å². The first-order chi connectivity index (χ1) is 31.1. The molecule has 2 aliphatic rings. The van der Waals surface area contributed by atoms with Crippen molar-refractivity contribution >= 4 is 52.6 Å². The molecule has 15 heteroatoms. The van der Waals surface area contributed by atoms with Crippen molar-refractivity contribution in [2.24, 2.45) is 10.8 Å². The topological polar surface area (TPSA) is 178 Å². The van der Waals surface area contributed by atoms with E-state index in [1.165, 1.54) is 0 Å². The molecule has 2 aromatic heterocycles. The number of hydrogen-bond donors (Lipinski definition) is 4. The fourth-order valence-electron chi connectivity index (χ4n) is 8.40. The lowest BCUT2D eigenvalue weighted by atomic mass is 9.85. The number of hydrogen-bond acceptors (Lipinski definition) is 11. The van der Waals surface area contributed by atoms with Crippen molar-refractivity contribution < 1.29 is 19.2 Å². The number of amides is 4. The van der Waals surface area contributed by atoms with Crippen LogP contribution in [-0.4, -0.2) is 90.6 Å². The Balaban J connectivity index is 0.965. The van der Waals surface area contributed by atoms with Gasteiger partial charge in [0.2, 0.25) is 35.5 Å². The molecule has 0 radical (unpaired) electrons. The van der Waals surface area contributed by atoms with Gasteiger partial charge in [-0.05, 0) is 96.2 Å². The summed E-state index contributed by atoms with van der Waals surface area (Å²) in [5, 5.41) is 12.5. The van der Waals surface area contributed by atoms with Crippen molar-refractivity contribution in [3.8, 4) is 0 Å². The largest absolute Gasteiger partial charge is 0.363 e. The van der Waals surface area contributed by atoms with Crippen molar-refractivity contribution in [2.75, 3.05) is 39.3 Å². The summed E-state index contributed by atoms with van der Waals surface area (Å²) in [7, 11) is 0. The quantitative estimate of drug-likeness (QED) is 0.0825. The van der Waals surface area contributed by atoms with Crippen LogP contribution in [0.3, 0.4) is 0 Å². The number of nitrogens with one attached hydrogen (secondary N) is 4. The normalized spacial score (nSPS) is 17.2. The van der Waals surface area contributed by atoms with Crippen LogP contribution >= 0.6 is 0 Å². The van der Waals surface area contributed by atoms with E-state index in [0.717, 1.165) is 29.7 Å². The lowest BCUT2D eigenvalue weighted by molar-refractivity contribution is -0.139. The van der Waals surface area contributed by atoms with Gasteiger partial charge in [-0.15, -0.1) is 0 Å². The lowest BCUT2D eigenvalue weighted by Gasteiger charge is -2.35. The Hall–Kier alpha value is -6.90. The van der Waals surface area contributed by atoms with E-state index in [4.69, 9.17) is 0 Å². The number of carbonyl (C=O) groups excluding carboxylic acids is 4. The van der Waals surface area contributed by atoms with Gasteiger partial charge in [0.1, 0.15) is 24.2 Å². The molecule has 5 aromatic rings. The maximum absolute atomic E-state index is 14.0. The van der Waals surface area contributed by atoms with Crippen molar-refractivity contribution in [1.82, 2.24) is 29.7 Å². The first-order valence-electron chi connectivity index (χ1n) is 22.4. The van der Waals surface area contributed by atoms with Crippen LogP contribution in [0.1, 0.15) is 78.4 Å². The van der Waals surface area contributed by atoms with Gasteiger partial charge >= 0.3 is 0 Å². The Bertz CT molecular complexity index is 2220. The molecule has 340 valence electrons. The predicted molar refractivity (Wildman–Crippen MR) is 254 cm³/mol. The van der Waals surface area contributed by atoms with Crippen molar-refractivity contribution in [3.05, 3.63) is 127 Å². The molecule has 0 spiro atoms. The molecule has 65 heavy (non-hydrogen) atoms. The molecule has 2 aliphatic heterocycles. The van der Waals surface area contributed by atoms with Crippen LogP contribution in [0.2, 0.25) is 0 Å². The number of rotatable bonds is 15. The number of nitrogens with zero attached hydrogens (tertiary/aromatic N) is 7. The molecule has 2 fully saturated rings. The Labute approximate surface area is 381 Å². The summed E-state index contributed by atoms with van der Waals surface area (Å²) >= 11 is 0. The van der Waals surface area contributed by atoms with Crippen LogP contribution in [-0.2, 0) is 32.3 Å². The van der Waals surface area contributed by atoms with Gasteiger partial charge in [0, 0.05) is 68.0 Å². The third-order valence-electron chi connectivity index (χ3n) is 11.9. The summed E-state index contributed by atoms with van der Waals surface area (Å²) in [4.78, 5) is 78.1. The first-order valence-corrected chi connectivity index (χ1v) is 22.4. The van der Waals surface area contributed by atoms with Crippen LogP contribution in [0.25, 0.3) is 0 Å². The summed E-state index contributed by atoms with van der Waals surface area (Å²) in [6.45, 7) is 14.1. The number of aromatic nitrogens is 4. The van der Waals surface area contributed by atoms with Gasteiger partial charge in [0.25, 0.3) is 0 Å². The molecule has 15 nitrogen and oxygen atoms in total. The second kappa shape index (κ2) is 20.3. The molecule has 4 heterocycles. The van der Waals surface area contributed by atoms with Gasteiger partial charge in [-0.2, -0.15) is 0 Å². The molecule has 4 N–H and O–H groups in total. The third-order valence-corrected chi connectivity index (χ3v) is 11.9. The van der Waals surface area contributed by atoms with E-state index in [1.807, 2.05) is 108 Å². The molecule has 4 atom stereocenters. The lowest BCUT2D eigenvalue weighted by Crippen LogP contribution is -2.53. The maximum atomic E-state index is 14.0. The summed E-state index contributed by atoms with van der Waals surface area (Å²) in [5.74, 6) is 0.00280. The number of carbonyl (C=O) groups is 4. The van der Waals surface area contributed by atoms with Crippen LogP contribution in [0.15, 0.2) is 116 Å². The van der Waals surface area contributed by atoms with Gasteiger partial charge in [-0.3, -0.25) is 19.2 Å². The van der Waals surface area contributed by atoms with Gasteiger partial charge in [-0.1, -0.05) is 84.0 Å². The van der Waals surface area contributed by atoms with E-state index in [1.54, 1.807) is 46.7 Å². The minimum atomic E-state index is -0.622. The molecule has 1 unspecified atom stereocenters. The number of anilines is 5. The van der Waals surface area contributed by atoms with Gasteiger partial charge in [0.15, 0.2) is 0 Å². The molecule has 7 rings (SSSR count). The highest BCUT2D eigenvalue weighted by Crippen LogP contribution is 2.30. The molecule has 0 saturated carbocycles. The Morgan fingerprint density at radius 3 is 1.32 bits per heavy atom. The Morgan fingerprint density at radius 1 is 0.569 bits per heavy atom. The van der Waals surface area contributed by atoms with E-state index in [9.17, 15) is 19.2 Å². The van der Waals surface area contributed by atoms with E-state index >= 15 is 0 Å². The second-order valence-electron chi connectivity index (χ2n) is 19.0. The molecular formula is C50H61N11O4. The van der Waals surface area contributed by atoms with Crippen LogP contribution in [0.4, 0.5) is 29.0 Å². The highest BCUT2D eigenvalue weighted by atomic mass is 16.2. The van der Waals surface area contributed by atoms with E-state index < -0.39 is 35.0 Å². The molecule has 2 saturated heterocycles. The average molecular weight is 880 g/mol. The SMILES string of the molecule is CC(C)(C)[C@H](Nc1ncccn1)C(=O)N1CCCC1C(=O)Nc1ccc(CN(Cc2ccc(NC(=O)[C@@H]3CCCN3C(=O)[C@@H](Nc3ncccn3)C(C)(C)C)cc2)c2ccccc2)cc1. The maximum Gasteiger partial charge on any atom is 0.247 e. The third kappa shape index (κ3) is 11.8. The van der Waals surface area contributed by atoms with Crippen molar-refractivity contribution in [2.45, 2.75) is 104 Å². The smallest absolute Gasteiger partial charge is 0.247 e. The molecule has 4 amide bonds. The summed E-state index contributed by atoms with van der Waals surface area (Å²) < 4.78 is 0. The van der Waals surface area contributed by atoms with Crippen LogP contribution in [0.5, 0.6) is 0 Å². The van der Waals surface area contributed by atoms with Crippen LogP contribution < -0.4 is 26.2 Å². The van der Waals surface area contributed by atoms with Crippen molar-refractivity contribution in [1.29, 1.82) is 0 Å². The zero-order chi connectivity index (χ0) is 46.1. The Kier molecular flexibility index (Phi) is 14.4. The van der Waals surface area contributed by atoms with E-state index in [0.29, 0.717) is 62.3 Å². The highest BCUT2D eigenvalue weighted by molar-refractivity contribution is 5.99. The molecule has 3 aromatic carbocycles. The van der Waals surface area contributed by atoms with E-state index in [2.05, 4.69) is 58.2 Å². The zero-order valence-electron chi connectivity index (χ0n) is 38.2. The molecule has 0 bridgehead atoms. The molecular weight excluding hydrogens is 819 g/mol. The van der Waals surface area contributed by atoms with E-state index in [-0.39, 0.29) is 23.6 Å². The van der Waals surface area contributed by atoms with Crippen LogP contribution in [0, 0.1) is 10.8 Å². The zero-order valence-corrected chi connectivity index (χ0v) is 38.2. The summed E-state index contributed by atoms with van der Waals surface area (Å²) in [5.41, 5.74) is 3.54. The van der Waals surface area contributed by atoms with Gasteiger partial charge in [-0.25, -0.2) is 19.9 Å². The molecule has 0 aliphatic carbocycles. The standard InChI is InChI=1S/C50H61N11O4/c1-49(2,3)41(57-47-51-26-12-27-52-47)45(64)60-30-10-16-39(60)43(62)55-36-22-18-34(19-23-36)32-59(38-14-8-7-9-15-38)33-35-20-24-37(25-21-35)56-44(63)40-17-11-31-61(40)46(65)42(50(4,5)6)58-48-53-28-13-29-54-48/h7-9,12-15,18-29,39-42H,10-11,16-17,30-33H2,1-6H3,(H,55,62)(H,56,63)(H,51,52,57)(H,53,54,58)/t39-,40?,41+,42+/m0/s1. The van der Waals surface area contributed by atoms with Crippen molar-refractivity contribution in [3.63, 3.8) is 0 Å². The highest BCUT2D eigenvalue weighted by Gasteiger charge is 2.43. The summed E-state index contributed by atoms with van der Waals surface area (Å²) in [6, 6.07) is 26.8. The first kappa shape index (κ1) is 46.1. The fraction of sp³-hybridized carbons (Fsp3) is 0.400. The average Bonchev–Trinajstić information content (AvgIpc) is 4.00. The number of para-hydroxylation sites is 1. The number of likely N-dealkylation sites (tertiary alicyclic amines) is 2. The fourth-order valence-corrected chi connectivity index (χ4v) is 8.40. The Morgan fingerprint density at radius 2 is 0.954 bits per heavy atom. The summed E-state index contributed by atoms with van der Waals surface area (Å²) in [6.07, 6.45) is 9.13. The minimum absolute atomic E-state index is 0.152. The minimum Gasteiger partial charge on any atom is -0.363 e. The monoisotopic (exact) mass is 879 g/mol. The predicted octanol–water partition coefficient (Wildman–Crippen LogP) is 7.39. The second-order valence-corrected chi connectivity index (χ2v) is 19.0. The number of benzene rings is 3.